The second kappa shape index (κ2) is 13.0. The van der Waals surface area contributed by atoms with Crippen molar-refractivity contribution in [1.82, 2.24) is 5.32 Å². The third-order valence-corrected chi connectivity index (χ3v) is 4.46. The number of nitrogens with zero attached hydrogens (tertiary/aromatic N) is 1. The van der Waals surface area contributed by atoms with Gasteiger partial charge in [-0.25, -0.2) is 4.99 Å². The van der Waals surface area contributed by atoms with Gasteiger partial charge in [0.25, 0.3) is 0 Å². The van der Waals surface area contributed by atoms with E-state index in [1.165, 1.54) is 70.6 Å². The molecule has 0 saturated heterocycles. The van der Waals surface area contributed by atoms with Gasteiger partial charge in [-0.3, -0.25) is 0 Å². The molecular weight excluding hydrogens is 276 g/mol. The molecule has 0 aromatic heterocycles. The summed E-state index contributed by atoms with van der Waals surface area (Å²) in [6.07, 6.45) is 20.2. The van der Waals surface area contributed by atoms with E-state index >= 15 is 0 Å². The molecule has 1 aliphatic rings. The van der Waals surface area contributed by atoms with Gasteiger partial charge in [-0.05, 0) is 44.1 Å². The van der Waals surface area contributed by atoms with Gasteiger partial charge in [0, 0.05) is 6.04 Å². The maximum absolute atomic E-state index is 4.74. The highest BCUT2D eigenvalue weighted by Crippen LogP contribution is 2.21. The van der Waals surface area contributed by atoms with Gasteiger partial charge < -0.3 is 5.32 Å². The van der Waals surface area contributed by atoms with Crippen LogP contribution in [-0.2, 0) is 0 Å². The summed E-state index contributed by atoms with van der Waals surface area (Å²) in [5.41, 5.74) is 0. The fraction of sp³-hybridized carbons (Fsp3) is 0.833. The summed E-state index contributed by atoms with van der Waals surface area (Å²) in [5, 5.41) is 6.07. The topological polar surface area (TPSA) is 24.4 Å². The van der Waals surface area contributed by atoms with Crippen molar-refractivity contribution in [3.8, 4) is 0 Å². The van der Waals surface area contributed by atoms with Crippen LogP contribution in [0.5, 0.6) is 0 Å². The zero-order valence-corrected chi connectivity index (χ0v) is 14.5. The molecule has 0 radical (unpaired) electrons. The lowest BCUT2D eigenvalue weighted by molar-refractivity contribution is 0.355. The Balaban J connectivity index is 2.04. The first-order valence-electron chi connectivity index (χ1n) is 8.86. The molecule has 1 saturated carbocycles. The van der Waals surface area contributed by atoms with Crippen molar-refractivity contribution in [3.63, 3.8) is 0 Å². The molecule has 1 rings (SSSR count). The molecule has 0 bridgehead atoms. The first-order valence-corrected chi connectivity index (χ1v) is 9.27. The van der Waals surface area contributed by atoms with Gasteiger partial charge in [-0.1, -0.05) is 64.4 Å². The zero-order chi connectivity index (χ0) is 15.2. The first-order chi connectivity index (χ1) is 10.4. The van der Waals surface area contributed by atoms with Crippen LogP contribution in [0.15, 0.2) is 17.3 Å². The van der Waals surface area contributed by atoms with E-state index in [9.17, 15) is 0 Å². The summed E-state index contributed by atoms with van der Waals surface area (Å²) < 4.78 is 0. The molecular formula is C18H32N2S. The van der Waals surface area contributed by atoms with Gasteiger partial charge in [0.05, 0.1) is 11.2 Å². The number of nitrogens with one attached hydrogen (secondary N) is 1. The Morgan fingerprint density at radius 2 is 1.81 bits per heavy atom. The number of rotatable bonds is 11. The summed E-state index contributed by atoms with van der Waals surface area (Å²) in [7, 11) is 0. The van der Waals surface area contributed by atoms with Crippen molar-refractivity contribution >= 4 is 17.4 Å². The van der Waals surface area contributed by atoms with Crippen LogP contribution in [0.4, 0.5) is 0 Å². The molecule has 0 aromatic carbocycles. The molecule has 0 amide bonds. The van der Waals surface area contributed by atoms with Gasteiger partial charge in [-0.2, -0.15) is 0 Å². The molecule has 21 heavy (non-hydrogen) atoms. The second-order valence-electron chi connectivity index (χ2n) is 6.16. The normalized spacial score (nSPS) is 22.1. The molecule has 0 aliphatic heterocycles. The van der Waals surface area contributed by atoms with Crippen LogP contribution in [-0.4, -0.2) is 17.2 Å². The van der Waals surface area contributed by atoms with E-state index in [2.05, 4.69) is 34.7 Å². The van der Waals surface area contributed by atoms with Crippen LogP contribution in [0.2, 0.25) is 0 Å². The Bertz CT molecular complexity index is 321. The minimum atomic E-state index is 0.333. The van der Waals surface area contributed by atoms with Crippen molar-refractivity contribution in [2.45, 2.75) is 96.1 Å². The van der Waals surface area contributed by atoms with Gasteiger partial charge in [0.1, 0.15) is 0 Å². The summed E-state index contributed by atoms with van der Waals surface area (Å²) in [6.45, 7) is 2.27. The number of hydrogen-bond donors (Lipinski definition) is 1. The zero-order valence-electron chi connectivity index (χ0n) is 13.7. The second-order valence-corrected chi connectivity index (χ2v) is 6.34. The summed E-state index contributed by atoms with van der Waals surface area (Å²) in [4.78, 5) is 4.30. The number of unbranched alkanes of at least 4 members (excludes halogenated alkanes) is 7. The van der Waals surface area contributed by atoms with E-state index in [0.29, 0.717) is 12.1 Å². The third-order valence-electron chi connectivity index (χ3n) is 4.35. The van der Waals surface area contributed by atoms with Crippen LogP contribution in [0.1, 0.15) is 84.0 Å². The first kappa shape index (κ1) is 18.4. The molecule has 0 heterocycles. The van der Waals surface area contributed by atoms with Crippen molar-refractivity contribution in [2.24, 2.45) is 4.99 Å². The predicted octanol–water partition coefficient (Wildman–Crippen LogP) is 5.64. The number of thiocarbonyl (C=S) groups is 1. The van der Waals surface area contributed by atoms with E-state index in [0.717, 1.165) is 6.42 Å². The SMILES string of the molecule is CCCCCCCCCC=CN[C@H]1CCCC[C@@H]1N=C=S. The number of allylic oxidation sites excluding steroid dienone is 1. The summed E-state index contributed by atoms with van der Waals surface area (Å²) in [6, 6.07) is 0.791. The number of isothiocyanates is 1. The van der Waals surface area contributed by atoms with E-state index in [1.807, 2.05) is 0 Å². The van der Waals surface area contributed by atoms with Gasteiger partial charge >= 0.3 is 0 Å². The molecule has 0 unspecified atom stereocenters. The minimum absolute atomic E-state index is 0.333. The Hall–Kier alpha value is -0.660. The van der Waals surface area contributed by atoms with Crippen LogP contribution in [0.3, 0.4) is 0 Å². The van der Waals surface area contributed by atoms with Gasteiger partial charge in [0.15, 0.2) is 0 Å². The lowest BCUT2D eigenvalue weighted by Crippen LogP contribution is -2.38. The molecule has 1 N–H and O–H groups in total. The van der Waals surface area contributed by atoms with Crippen LogP contribution >= 0.6 is 12.2 Å². The Labute approximate surface area is 136 Å². The summed E-state index contributed by atoms with van der Waals surface area (Å²) in [5.74, 6) is 0. The van der Waals surface area contributed by atoms with Crippen molar-refractivity contribution in [1.29, 1.82) is 0 Å². The molecule has 2 atom stereocenters. The average molecular weight is 309 g/mol. The van der Waals surface area contributed by atoms with Crippen molar-refractivity contribution < 1.29 is 0 Å². The predicted molar refractivity (Wildman–Crippen MR) is 96.0 cm³/mol. The van der Waals surface area contributed by atoms with Gasteiger partial charge in [-0.15, -0.1) is 0 Å². The van der Waals surface area contributed by atoms with Crippen LogP contribution in [0, 0.1) is 0 Å². The monoisotopic (exact) mass is 308 g/mol. The largest absolute Gasteiger partial charge is 0.386 e. The van der Waals surface area contributed by atoms with Gasteiger partial charge in [0.2, 0.25) is 0 Å². The van der Waals surface area contributed by atoms with E-state index < -0.39 is 0 Å². The molecule has 1 aliphatic carbocycles. The number of hydrogen-bond acceptors (Lipinski definition) is 3. The fourth-order valence-electron chi connectivity index (χ4n) is 3.02. The molecule has 2 nitrogen and oxygen atoms in total. The van der Waals surface area contributed by atoms with E-state index in [4.69, 9.17) is 12.2 Å². The maximum atomic E-state index is 4.74. The van der Waals surface area contributed by atoms with Crippen LogP contribution < -0.4 is 5.32 Å². The highest BCUT2D eigenvalue weighted by Gasteiger charge is 2.22. The van der Waals surface area contributed by atoms with E-state index in [1.54, 1.807) is 0 Å². The standard InChI is InChI=1S/C18H32N2S/c1-2-3-4-5-6-7-8-9-12-15-19-17-13-10-11-14-18(17)20-16-21/h12,15,17-19H,2-11,13-14H2,1H3/t17-,18-/m0/s1. The molecule has 120 valence electrons. The van der Waals surface area contributed by atoms with E-state index in [-0.39, 0.29) is 0 Å². The third kappa shape index (κ3) is 9.06. The van der Waals surface area contributed by atoms with Crippen molar-refractivity contribution in [3.05, 3.63) is 12.3 Å². The molecule has 1 fully saturated rings. The highest BCUT2D eigenvalue weighted by atomic mass is 32.1. The average Bonchev–Trinajstić information content (AvgIpc) is 2.51. The minimum Gasteiger partial charge on any atom is -0.386 e. The lowest BCUT2D eigenvalue weighted by Gasteiger charge is -2.28. The Kier molecular flexibility index (Phi) is 11.4. The molecule has 3 heteroatoms. The fourth-order valence-corrected chi connectivity index (χ4v) is 3.16. The maximum Gasteiger partial charge on any atom is 0.0803 e. The molecule has 0 spiro atoms. The smallest absolute Gasteiger partial charge is 0.0803 e. The number of aliphatic imine (C=N–C) groups is 1. The highest BCUT2D eigenvalue weighted by molar-refractivity contribution is 7.78. The molecule has 0 aromatic rings. The Morgan fingerprint density at radius 1 is 1.10 bits per heavy atom. The quantitative estimate of drug-likeness (QED) is 0.303. The summed E-state index contributed by atoms with van der Waals surface area (Å²) >= 11 is 4.74. The van der Waals surface area contributed by atoms with Crippen LogP contribution in [0.25, 0.3) is 0 Å². The van der Waals surface area contributed by atoms with Crippen molar-refractivity contribution in [2.75, 3.05) is 0 Å². The Morgan fingerprint density at radius 3 is 2.57 bits per heavy atom. The lowest BCUT2D eigenvalue weighted by atomic mass is 9.91.